The van der Waals surface area contributed by atoms with Gasteiger partial charge in [0, 0.05) is 44.6 Å². The number of piperidine rings is 1. The Kier molecular flexibility index (Phi) is 5.15. The summed E-state index contributed by atoms with van der Waals surface area (Å²) in [5.74, 6) is 1.28. The second-order valence-corrected chi connectivity index (χ2v) is 9.87. The third kappa shape index (κ3) is 3.59. The number of hydrogen-bond acceptors (Lipinski definition) is 5. The maximum Gasteiger partial charge on any atom is 0.138 e. The van der Waals surface area contributed by atoms with Gasteiger partial charge in [0.05, 0.1) is 23.5 Å². The quantitative estimate of drug-likeness (QED) is 0.620. The first-order valence-electron chi connectivity index (χ1n) is 12.3. The fourth-order valence-electron chi connectivity index (χ4n) is 5.85. The molecule has 32 heavy (non-hydrogen) atoms. The van der Waals surface area contributed by atoms with Gasteiger partial charge in [-0.3, -0.25) is 19.2 Å². The molecule has 0 amide bonds. The lowest BCUT2D eigenvalue weighted by atomic mass is 9.91. The number of aryl methyl sites for hydroxylation is 1. The molecule has 0 bridgehead atoms. The van der Waals surface area contributed by atoms with E-state index in [0.717, 1.165) is 37.6 Å². The molecule has 6 rings (SSSR count). The number of rotatable bonds is 4. The Morgan fingerprint density at radius 3 is 2.50 bits per heavy atom. The van der Waals surface area contributed by atoms with Gasteiger partial charge in [0.15, 0.2) is 0 Å². The molecule has 5 heterocycles. The molecule has 0 aromatic carbocycles. The van der Waals surface area contributed by atoms with Crippen LogP contribution in [0, 0.1) is 6.92 Å². The standard InChI is InChI=1S/C26H34N6/c1-19-6-5-13-27-26(19)23-8-3-7-22(29(23)2)21-18-32-24(28-21)9-4-10-25(32)31-16-14-30(15-17-31)20-11-12-20/h4-6,9-10,13,18,20,22-23H,3,7-8,11-12,14-17H2,1-2H3/t22-,23+/m1/s1. The van der Waals surface area contributed by atoms with E-state index in [-0.39, 0.29) is 0 Å². The van der Waals surface area contributed by atoms with Crippen molar-refractivity contribution in [3.05, 3.63) is 59.7 Å². The normalized spacial score (nSPS) is 25.5. The van der Waals surface area contributed by atoms with E-state index in [9.17, 15) is 0 Å². The predicted molar refractivity (Wildman–Crippen MR) is 128 cm³/mol. The van der Waals surface area contributed by atoms with Crippen LogP contribution in [-0.2, 0) is 0 Å². The zero-order valence-corrected chi connectivity index (χ0v) is 19.3. The van der Waals surface area contributed by atoms with Gasteiger partial charge in [-0.25, -0.2) is 4.98 Å². The Bertz CT molecular complexity index is 1090. The predicted octanol–water partition coefficient (Wildman–Crippen LogP) is 4.22. The third-order valence-electron chi connectivity index (χ3n) is 7.84. The largest absolute Gasteiger partial charge is 0.355 e. The van der Waals surface area contributed by atoms with Crippen molar-refractivity contribution >= 4 is 11.5 Å². The van der Waals surface area contributed by atoms with Crippen molar-refractivity contribution in [2.24, 2.45) is 0 Å². The molecule has 6 nitrogen and oxygen atoms in total. The van der Waals surface area contributed by atoms with Gasteiger partial charge in [-0.1, -0.05) is 12.1 Å². The summed E-state index contributed by atoms with van der Waals surface area (Å²) in [6.45, 7) is 6.75. The summed E-state index contributed by atoms with van der Waals surface area (Å²) in [7, 11) is 2.25. The number of pyridine rings is 2. The van der Waals surface area contributed by atoms with Crippen molar-refractivity contribution in [3.63, 3.8) is 0 Å². The van der Waals surface area contributed by atoms with Gasteiger partial charge in [-0.15, -0.1) is 0 Å². The van der Waals surface area contributed by atoms with Crippen molar-refractivity contribution in [1.29, 1.82) is 0 Å². The minimum Gasteiger partial charge on any atom is -0.355 e. The lowest BCUT2D eigenvalue weighted by Crippen LogP contribution is -2.47. The third-order valence-corrected chi connectivity index (χ3v) is 7.84. The fraction of sp³-hybridized carbons (Fsp3) is 0.538. The van der Waals surface area contributed by atoms with Crippen LogP contribution in [0.5, 0.6) is 0 Å². The van der Waals surface area contributed by atoms with Crippen LogP contribution < -0.4 is 4.90 Å². The summed E-state index contributed by atoms with van der Waals surface area (Å²) in [6, 6.07) is 12.3. The highest BCUT2D eigenvalue weighted by atomic mass is 15.3. The van der Waals surface area contributed by atoms with E-state index in [1.807, 2.05) is 12.3 Å². The van der Waals surface area contributed by atoms with Gasteiger partial charge in [-0.2, -0.15) is 0 Å². The van der Waals surface area contributed by atoms with E-state index in [4.69, 9.17) is 9.97 Å². The molecule has 0 radical (unpaired) electrons. The van der Waals surface area contributed by atoms with Crippen LogP contribution in [-0.4, -0.2) is 63.4 Å². The SMILES string of the molecule is Cc1cccnc1[C@@H]1CCC[C@H](c2cn3c(N4CCN(C5CC5)CC4)cccc3n2)N1C. The van der Waals surface area contributed by atoms with Gasteiger partial charge >= 0.3 is 0 Å². The minimum absolute atomic E-state index is 0.328. The number of aromatic nitrogens is 3. The highest BCUT2D eigenvalue weighted by Crippen LogP contribution is 2.40. The van der Waals surface area contributed by atoms with Gasteiger partial charge in [0.1, 0.15) is 11.5 Å². The van der Waals surface area contributed by atoms with Crippen LogP contribution in [0.1, 0.15) is 61.1 Å². The van der Waals surface area contributed by atoms with Crippen molar-refractivity contribution in [1.82, 2.24) is 24.2 Å². The summed E-state index contributed by atoms with van der Waals surface area (Å²) in [6.07, 6.45) is 10.5. The highest BCUT2D eigenvalue weighted by molar-refractivity contribution is 5.53. The smallest absolute Gasteiger partial charge is 0.138 e. The van der Waals surface area contributed by atoms with E-state index in [1.54, 1.807) is 0 Å². The summed E-state index contributed by atoms with van der Waals surface area (Å²) in [5, 5.41) is 0. The van der Waals surface area contributed by atoms with Crippen molar-refractivity contribution in [2.75, 3.05) is 38.1 Å². The number of anilines is 1. The molecule has 6 heteroatoms. The Hall–Kier alpha value is -2.44. The fourth-order valence-corrected chi connectivity index (χ4v) is 5.85. The van der Waals surface area contributed by atoms with Crippen LogP contribution in [0.3, 0.4) is 0 Å². The lowest BCUT2D eigenvalue weighted by molar-refractivity contribution is 0.109. The molecule has 2 aliphatic heterocycles. The van der Waals surface area contributed by atoms with E-state index in [1.165, 1.54) is 55.1 Å². The van der Waals surface area contributed by atoms with Gasteiger partial charge in [0.2, 0.25) is 0 Å². The molecule has 0 spiro atoms. The van der Waals surface area contributed by atoms with Crippen molar-refractivity contribution < 1.29 is 0 Å². The minimum atomic E-state index is 0.328. The number of nitrogens with zero attached hydrogens (tertiary/aromatic N) is 6. The number of imidazole rings is 1. The number of piperazine rings is 1. The maximum atomic E-state index is 5.11. The van der Waals surface area contributed by atoms with Crippen LogP contribution in [0.25, 0.3) is 5.65 Å². The molecule has 3 aliphatic rings. The molecule has 0 N–H and O–H groups in total. The zero-order valence-electron chi connectivity index (χ0n) is 19.3. The Morgan fingerprint density at radius 2 is 1.72 bits per heavy atom. The molecule has 2 saturated heterocycles. The van der Waals surface area contributed by atoms with E-state index < -0.39 is 0 Å². The molecule has 1 aliphatic carbocycles. The van der Waals surface area contributed by atoms with Crippen LogP contribution in [0.2, 0.25) is 0 Å². The zero-order chi connectivity index (χ0) is 21.7. The first-order valence-corrected chi connectivity index (χ1v) is 12.3. The number of hydrogen-bond donors (Lipinski definition) is 0. The van der Waals surface area contributed by atoms with E-state index >= 15 is 0 Å². The monoisotopic (exact) mass is 430 g/mol. The maximum absolute atomic E-state index is 5.11. The lowest BCUT2D eigenvalue weighted by Gasteiger charge is -2.39. The highest BCUT2D eigenvalue weighted by Gasteiger charge is 2.34. The second kappa shape index (κ2) is 8.16. The Morgan fingerprint density at radius 1 is 0.906 bits per heavy atom. The first-order chi connectivity index (χ1) is 15.7. The summed E-state index contributed by atoms with van der Waals surface area (Å²) >= 11 is 0. The van der Waals surface area contributed by atoms with Crippen LogP contribution in [0.4, 0.5) is 5.82 Å². The molecule has 3 aromatic rings. The molecule has 168 valence electrons. The molecule has 0 unspecified atom stereocenters. The molecule has 1 saturated carbocycles. The Balaban J connectivity index is 1.27. The second-order valence-electron chi connectivity index (χ2n) is 9.87. The molecular weight excluding hydrogens is 396 g/mol. The van der Waals surface area contributed by atoms with Gasteiger partial charge < -0.3 is 4.90 Å². The summed E-state index contributed by atoms with van der Waals surface area (Å²) in [5.41, 5.74) is 4.76. The molecule has 3 fully saturated rings. The number of likely N-dealkylation sites (tertiary alicyclic amines) is 1. The van der Waals surface area contributed by atoms with Gasteiger partial charge in [-0.05, 0) is 69.8 Å². The summed E-state index contributed by atoms with van der Waals surface area (Å²) in [4.78, 5) is 17.6. The Labute approximate surface area is 190 Å². The average Bonchev–Trinajstić information content (AvgIpc) is 3.58. The number of fused-ring (bicyclic) bond motifs is 1. The van der Waals surface area contributed by atoms with Crippen LogP contribution >= 0.6 is 0 Å². The van der Waals surface area contributed by atoms with Gasteiger partial charge in [0.25, 0.3) is 0 Å². The van der Waals surface area contributed by atoms with E-state index in [0.29, 0.717) is 12.1 Å². The molecule has 2 atom stereocenters. The van der Waals surface area contributed by atoms with E-state index in [2.05, 4.69) is 63.5 Å². The molecular formula is C26H34N6. The van der Waals surface area contributed by atoms with Crippen molar-refractivity contribution in [2.45, 2.75) is 57.2 Å². The molecule has 3 aromatic heterocycles. The van der Waals surface area contributed by atoms with Crippen molar-refractivity contribution in [3.8, 4) is 0 Å². The topological polar surface area (TPSA) is 39.9 Å². The van der Waals surface area contributed by atoms with Crippen LogP contribution in [0.15, 0.2) is 42.7 Å². The first kappa shape index (κ1) is 20.2. The summed E-state index contributed by atoms with van der Waals surface area (Å²) < 4.78 is 2.32. The average molecular weight is 431 g/mol.